The SMILES string of the molecule is O=C1O[C@]2(CCN(C(=O)c3ccc(Oc4cnccn4)cc3)C2)c2ccccc21. The van der Waals surface area contributed by atoms with Crippen molar-refractivity contribution in [3.63, 3.8) is 0 Å². The molecule has 7 heteroatoms. The molecule has 0 aliphatic carbocycles. The first-order valence-electron chi connectivity index (χ1n) is 9.31. The molecule has 1 saturated heterocycles. The fourth-order valence-corrected chi connectivity index (χ4v) is 3.91. The molecular weight excluding hydrogens is 370 g/mol. The number of esters is 1. The van der Waals surface area contributed by atoms with Gasteiger partial charge in [-0.15, -0.1) is 0 Å². The van der Waals surface area contributed by atoms with Gasteiger partial charge < -0.3 is 14.4 Å². The molecule has 144 valence electrons. The summed E-state index contributed by atoms with van der Waals surface area (Å²) in [6.45, 7) is 0.880. The van der Waals surface area contributed by atoms with Gasteiger partial charge in [0.05, 0.1) is 18.3 Å². The highest BCUT2D eigenvalue weighted by Gasteiger charge is 2.50. The molecule has 29 heavy (non-hydrogen) atoms. The molecule has 0 N–H and O–H groups in total. The second kappa shape index (κ2) is 6.70. The van der Waals surface area contributed by atoms with Gasteiger partial charge in [0.15, 0.2) is 5.60 Å². The van der Waals surface area contributed by atoms with Gasteiger partial charge in [0.2, 0.25) is 5.88 Å². The van der Waals surface area contributed by atoms with E-state index < -0.39 is 5.60 Å². The summed E-state index contributed by atoms with van der Waals surface area (Å²) in [6.07, 6.45) is 5.22. The van der Waals surface area contributed by atoms with Gasteiger partial charge in [0.25, 0.3) is 5.91 Å². The monoisotopic (exact) mass is 387 g/mol. The third-order valence-corrected chi connectivity index (χ3v) is 5.31. The molecule has 2 aliphatic rings. The number of amides is 1. The highest BCUT2D eigenvalue weighted by atomic mass is 16.6. The van der Waals surface area contributed by atoms with Crippen LogP contribution in [0.3, 0.4) is 0 Å². The number of carbonyl (C=O) groups is 2. The van der Waals surface area contributed by atoms with Gasteiger partial charge in [-0.3, -0.25) is 9.78 Å². The summed E-state index contributed by atoms with van der Waals surface area (Å²) in [5.74, 6) is 0.530. The van der Waals surface area contributed by atoms with Crippen LogP contribution in [0.15, 0.2) is 67.1 Å². The normalized spacial score (nSPS) is 19.9. The molecule has 5 rings (SSSR count). The van der Waals surface area contributed by atoms with E-state index in [2.05, 4.69) is 9.97 Å². The average Bonchev–Trinajstić information content (AvgIpc) is 3.31. The van der Waals surface area contributed by atoms with E-state index in [0.717, 1.165) is 5.56 Å². The van der Waals surface area contributed by atoms with Crippen molar-refractivity contribution in [2.24, 2.45) is 0 Å². The zero-order valence-electron chi connectivity index (χ0n) is 15.4. The molecule has 0 radical (unpaired) electrons. The summed E-state index contributed by atoms with van der Waals surface area (Å²) in [6, 6.07) is 14.3. The molecule has 1 amide bonds. The number of fused-ring (bicyclic) bond motifs is 2. The molecule has 1 aromatic heterocycles. The van der Waals surface area contributed by atoms with E-state index >= 15 is 0 Å². The number of carbonyl (C=O) groups excluding carboxylic acids is 2. The number of benzene rings is 2. The number of hydrogen-bond donors (Lipinski definition) is 0. The lowest BCUT2D eigenvalue weighted by Crippen LogP contribution is -2.34. The highest BCUT2D eigenvalue weighted by molar-refractivity contribution is 5.96. The number of hydrogen-bond acceptors (Lipinski definition) is 6. The van der Waals surface area contributed by atoms with Gasteiger partial charge in [-0.2, -0.15) is 0 Å². The van der Waals surface area contributed by atoms with Gasteiger partial charge in [0, 0.05) is 36.5 Å². The smallest absolute Gasteiger partial charge is 0.339 e. The summed E-state index contributed by atoms with van der Waals surface area (Å²) in [5, 5.41) is 0. The van der Waals surface area contributed by atoms with E-state index in [9.17, 15) is 9.59 Å². The number of aromatic nitrogens is 2. The Kier molecular flexibility index (Phi) is 4.01. The van der Waals surface area contributed by atoms with Crippen LogP contribution >= 0.6 is 0 Å². The Bertz CT molecular complexity index is 1080. The van der Waals surface area contributed by atoms with Crippen LogP contribution in [0.1, 0.15) is 32.7 Å². The number of nitrogens with zero attached hydrogens (tertiary/aromatic N) is 3. The molecule has 0 bridgehead atoms. The summed E-state index contributed by atoms with van der Waals surface area (Å²) < 4.78 is 11.3. The van der Waals surface area contributed by atoms with Gasteiger partial charge in [-0.1, -0.05) is 18.2 Å². The van der Waals surface area contributed by atoms with Crippen molar-refractivity contribution in [3.05, 3.63) is 83.8 Å². The Morgan fingerprint density at radius 1 is 1.10 bits per heavy atom. The molecule has 0 unspecified atom stereocenters. The maximum Gasteiger partial charge on any atom is 0.339 e. The zero-order chi connectivity index (χ0) is 19.8. The van der Waals surface area contributed by atoms with Crippen LogP contribution in [-0.4, -0.2) is 39.8 Å². The Morgan fingerprint density at radius 3 is 2.72 bits per heavy atom. The predicted octanol–water partition coefficient (Wildman–Crippen LogP) is 3.18. The first kappa shape index (κ1) is 17.4. The standard InChI is InChI=1S/C22H17N3O4/c26-20(15-5-7-16(8-6-15)28-19-13-23-10-11-24-19)25-12-9-22(14-25)18-4-2-1-3-17(18)21(27)29-22/h1-8,10-11,13H,9,12,14H2/t22-/m0/s1. The van der Waals surface area contributed by atoms with Crippen LogP contribution in [-0.2, 0) is 10.3 Å². The Labute approximate surface area is 166 Å². The quantitative estimate of drug-likeness (QED) is 0.642. The number of ether oxygens (including phenoxy) is 2. The molecule has 3 heterocycles. The van der Waals surface area contributed by atoms with Crippen LogP contribution < -0.4 is 4.74 Å². The van der Waals surface area contributed by atoms with E-state index in [1.165, 1.54) is 6.20 Å². The fraction of sp³-hybridized carbons (Fsp3) is 0.182. The van der Waals surface area contributed by atoms with Crippen molar-refractivity contribution in [1.82, 2.24) is 14.9 Å². The summed E-state index contributed by atoms with van der Waals surface area (Å²) in [5.41, 5.74) is 1.27. The molecule has 1 spiro atoms. The maximum absolute atomic E-state index is 13.0. The Morgan fingerprint density at radius 2 is 1.93 bits per heavy atom. The van der Waals surface area contributed by atoms with E-state index in [-0.39, 0.29) is 11.9 Å². The fourth-order valence-electron chi connectivity index (χ4n) is 3.91. The third kappa shape index (κ3) is 3.00. The molecule has 2 aromatic carbocycles. The lowest BCUT2D eigenvalue weighted by Gasteiger charge is -2.24. The maximum atomic E-state index is 13.0. The summed E-state index contributed by atoms with van der Waals surface area (Å²) in [7, 11) is 0. The topological polar surface area (TPSA) is 81.6 Å². The third-order valence-electron chi connectivity index (χ3n) is 5.31. The highest BCUT2D eigenvalue weighted by Crippen LogP contribution is 2.43. The largest absolute Gasteiger partial charge is 0.449 e. The van der Waals surface area contributed by atoms with Crippen LogP contribution in [0.4, 0.5) is 0 Å². The Balaban J connectivity index is 1.32. The van der Waals surface area contributed by atoms with Crippen molar-refractivity contribution in [3.8, 4) is 11.6 Å². The number of rotatable bonds is 3. The van der Waals surface area contributed by atoms with Crippen LogP contribution in [0, 0.1) is 0 Å². The van der Waals surface area contributed by atoms with Crippen molar-refractivity contribution >= 4 is 11.9 Å². The lowest BCUT2D eigenvalue weighted by molar-refractivity contribution is -0.00306. The van der Waals surface area contributed by atoms with Crippen molar-refractivity contribution < 1.29 is 19.1 Å². The van der Waals surface area contributed by atoms with Gasteiger partial charge >= 0.3 is 5.97 Å². The molecule has 2 aliphatic heterocycles. The van der Waals surface area contributed by atoms with E-state index in [4.69, 9.17) is 9.47 Å². The van der Waals surface area contributed by atoms with Gasteiger partial charge in [0.1, 0.15) is 5.75 Å². The minimum absolute atomic E-state index is 0.103. The van der Waals surface area contributed by atoms with E-state index in [0.29, 0.717) is 42.3 Å². The van der Waals surface area contributed by atoms with Gasteiger partial charge in [-0.05, 0) is 30.3 Å². The second-order valence-corrected chi connectivity index (χ2v) is 7.08. The average molecular weight is 387 g/mol. The van der Waals surface area contributed by atoms with Crippen LogP contribution in [0.2, 0.25) is 0 Å². The second-order valence-electron chi connectivity index (χ2n) is 7.08. The molecule has 3 aromatic rings. The molecule has 7 nitrogen and oxygen atoms in total. The van der Waals surface area contributed by atoms with E-state index in [1.807, 2.05) is 18.2 Å². The van der Waals surface area contributed by atoms with Gasteiger partial charge in [-0.25, -0.2) is 9.78 Å². The minimum Gasteiger partial charge on any atom is -0.449 e. The lowest BCUT2D eigenvalue weighted by atomic mass is 9.91. The zero-order valence-corrected chi connectivity index (χ0v) is 15.4. The summed E-state index contributed by atoms with van der Waals surface area (Å²) >= 11 is 0. The first-order valence-corrected chi connectivity index (χ1v) is 9.31. The van der Waals surface area contributed by atoms with Crippen molar-refractivity contribution in [2.75, 3.05) is 13.1 Å². The first-order chi connectivity index (χ1) is 14.1. The molecule has 1 fully saturated rings. The van der Waals surface area contributed by atoms with Crippen molar-refractivity contribution in [1.29, 1.82) is 0 Å². The van der Waals surface area contributed by atoms with Crippen LogP contribution in [0.25, 0.3) is 0 Å². The van der Waals surface area contributed by atoms with E-state index in [1.54, 1.807) is 47.6 Å². The summed E-state index contributed by atoms with van der Waals surface area (Å²) in [4.78, 5) is 34.9. The van der Waals surface area contributed by atoms with Crippen LogP contribution in [0.5, 0.6) is 11.6 Å². The number of likely N-dealkylation sites (tertiary alicyclic amines) is 1. The Hall–Kier alpha value is -3.74. The molecule has 1 atom stereocenters. The molecule has 0 saturated carbocycles. The minimum atomic E-state index is -0.738. The predicted molar refractivity (Wildman–Crippen MR) is 103 cm³/mol. The molecular formula is C22H17N3O4. The van der Waals surface area contributed by atoms with Crippen molar-refractivity contribution in [2.45, 2.75) is 12.0 Å².